The third-order valence-corrected chi connectivity index (χ3v) is 7.69. The summed E-state index contributed by atoms with van der Waals surface area (Å²) in [6.07, 6.45) is 6.12. The molecule has 0 bridgehead atoms. The number of ether oxygens (including phenoxy) is 1. The van der Waals surface area contributed by atoms with Crippen LogP contribution < -0.4 is 16.4 Å². The molecule has 1 fully saturated rings. The fourth-order valence-electron chi connectivity index (χ4n) is 5.46. The van der Waals surface area contributed by atoms with Crippen molar-refractivity contribution in [3.63, 3.8) is 0 Å². The number of Topliss-reactive ketones (excluding diaryl/α,β-unsaturated/α-hetero) is 1. The van der Waals surface area contributed by atoms with Crippen molar-refractivity contribution in [3.8, 4) is 0 Å². The molecule has 5 atom stereocenters. The van der Waals surface area contributed by atoms with Gasteiger partial charge < -0.3 is 21.1 Å². The Balaban J connectivity index is 1.59. The normalized spacial score (nSPS) is 26.0. The van der Waals surface area contributed by atoms with Gasteiger partial charge in [-0.3, -0.25) is 9.59 Å². The van der Waals surface area contributed by atoms with Gasteiger partial charge in [-0.25, -0.2) is 0 Å². The molecule has 1 aromatic carbocycles. The summed E-state index contributed by atoms with van der Waals surface area (Å²) in [7, 11) is 0. The van der Waals surface area contributed by atoms with Gasteiger partial charge in [-0.15, -0.1) is 0 Å². The van der Waals surface area contributed by atoms with Gasteiger partial charge in [0.15, 0.2) is 5.78 Å². The van der Waals surface area contributed by atoms with Gasteiger partial charge in [0, 0.05) is 24.9 Å². The third kappa shape index (κ3) is 7.06. The molecular formula is C27H43N3O3S. The molecule has 7 heteroatoms. The lowest BCUT2D eigenvalue weighted by atomic mass is 9.86. The van der Waals surface area contributed by atoms with Gasteiger partial charge in [0.2, 0.25) is 5.91 Å². The molecule has 1 saturated carbocycles. The monoisotopic (exact) mass is 489 g/mol. The Hall–Kier alpha value is -1.41. The molecule has 3 rings (SSSR count). The van der Waals surface area contributed by atoms with Crippen LogP contribution in [0.5, 0.6) is 0 Å². The molecule has 34 heavy (non-hydrogen) atoms. The predicted octanol–water partition coefficient (Wildman–Crippen LogP) is 3.21. The van der Waals surface area contributed by atoms with Gasteiger partial charge in [-0.1, -0.05) is 24.3 Å². The number of carbonyl (C=O) groups is 2. The van der Waals surface area contributed by atoms with E-state index in [0.717, 1.165) is 18.6 Å². The zero-order valence-corrected chi connectivity index (χ0v) is 22.3. The number of benzene rings is 1. The van der Waals surface area contributed by atoms with Gasteiger partial charge in [-0.05, 0) is 82.4 Å². The van der Waals surface area contributed by atoms with E-state index in [-0.39, 0.29) is 34.9 Å². The van der Waals surface area contributed by atoms with E-state index in [1.165, 1.54) is 11.1 Å². The lowest BCUT2D eigenvalue weighted by Gasteiger charge is -2.26. The Morgan fingerprint density at radius 1 is 1.29 bits per heavy atom. The summed E-state index contributed by atoms with van der Waals surface area (Å²) in [6, 6.07) is 7.84. The van der Waals surface area contributed by atoms with Crippen molar-refractivity contribution in [3.05, 3.63) is 35.4 Å². The van der Waals surface area contributed by atoms with Crippen LogP contribution >= 0.6 is 11.8 Å². The van der Waals surface area contributed by atoms with Crippen LogP contribution in [0.3, 0.4) is 0 Å². The van der Waals surface area contributed by atoms with Crippen LogP contribution in [0.2, 0.25) is 0 Å². The van der Waals surface area contributed by atoms with Gasteiger partial charge in [0.25, 0.3) is 0 Å². The van der Waals surface area contributed by atoms with Crippen LogP contribution in [0.25, 0.3) is 0 Å². The fraction of sp³-hybridized carbons (Fsp3) is 0.704. The second kappa shape index (κ2) is 11.5. The number of amides is 1. The molecular weight excluding hydrogens is 446 g/mol. The molecule has 5 unspecified atom stereocenters. The molecule has 1 aromatic rings. The van der Waals surface area contributed by atoms with E-state index in [9.17, 15) is 9.59 Å². The number of ketones is 1. The average molecular weight is 490 g/mol. The number of nitrogens with two attached hydrogens (primary N) is 1. The van der Waals surface area contributed by atoms with Crippen LogP contribution in [-0.4, -0.2) is 60.6 Å². The molecule has 0 heterocycles. The minimum absolute atomic E-state index is 0.0577. The van der Waals surface area contributed by atoms with Crippen LogP contribution in [-0.2, 0) is 26.2 Å². The summed E-state index contributed by atoms with van der Waals surface area (Å²) in [5.74, 6) is 1.48. The van der Waals surface area contributed by atoms with Gasteiger partial charge >= 0.3 is 0 Å². The highest BCUT2D eigenvalue weighted by Crippen LogP contribution is 2.61. The molecule has 190 valence electrons. The largest absolute Gasteiger partial charge is 0.373 e. The third-order valence-electron chi connectivity index (χ3n) is 7.04. The second-order valence-corrected chi connectivity index (χ2v) is 12.0. The topological polar surface area (TPSA) is 93.5 Å². The number of carbonyl (C=O) groups excluding carboxylic acids is 2. The molecule has 1 amide bonds. The Morgan fingerprint density at radius 3 is 2.74 bits per heavy atom. The van der Waals surface area contributed by atoms with E-state index < -0.39 is 6.04 Å². The number of fused-ring (bicyclic) bond motifs is 2. The first-order valence-electron chi connectivity index (χ1n) is 12.6. The maximum atomic E-state index is 13.3. The van der Waals surface area contributed by atoms with Crippen LogP contribution in [0.4, 0.5) is 0 Å². The van der Waals surface area contributed by atoms with Crippen molar-refractivity contribution in [1.82, 2.24) is 10.6 Å². The van der Waals surface area contributed by atoms with Crippen molar-refractivity contribution in [2.24, 2.45) is 11.7 Å². The summed E-state index contributed by atoms with van der Waals surface area (Å²) in [5, 5.41) is 6.30. The minimum Gasteiger partial charge on any atom is -0.373 e. The summed E-state index contributed by atoms with van der Waals surface area (Å²) in [5.41, 5.74) is 8.32. The highest BCUT2D eigenvalue weighted by atomic mass is 32.2. The Kier molecular flexibility index (Phi) is 9.23. The van der Waals surface area contributed by atoms with E-state index >= 15 is 0 Å². The molecule has 0 radical (unpaired) electrons. The molecule has 0 aliphatic heterocycles. The smallest absolute Gasteiger partial charge is 0.236 e. The van der Waals surface area contributed by atoms with Gasteiger partial charge in [0.05, 0.1) is 23.8 Å². The van der Waals surface area contributed by atoms with Crippen LogP contribution in [0.15, 0.2) is 24.3 Å². The first-order chi connectivity index (χ1) is 16.1. The van der Waals surface area contributed by atoms with Crippen molar-refractivity contribution >= 4 is 23.5 Å². The lowest BCUT2D eigenvalue weighted by molar-refractivity contribution is -0.122. The molecule has 4 N–H and O–H groups in total. The second-order valence-electron chi connectivity index (χ2n) is 11.0. The fourth-order valence-corrected chi connectivity index (χ4v) is 5.95. The number of thioether (sulfide) groups is 1. The highest BCUT2D eigenvalue weighted by Gasteiger charge is 2.58. The highest BCUT2D eigenvalue weighted by molar-refractivity contribution is 7.98. The number of rotatable bonds is 11. The minimum atomic E-state index is -0.477. The summed E-state index contributed by atoms with van der Waals surface area (Å²) < 4.78 is 6.17. The molecule has 1 spiro atoms. The van der Waals surface area contributed by atoms with E-state index in [0.29, 0.717) is 38.3 Å². The van der Waals surface area contributed by atoms with Gasteiger partial charge in [0.1, 0.15) is 0 Å². The summed E-state index contributed by atoms with van der Waals surface area (Å²) in [4.78, 5) is 25.5. The number of hydrogen-bond acceptors (Lipinski definition) is 6. The Labute approximate surface area is 209 Å². The van der Waals surface area contributed by atoms with E-state index in [1.807, 2.05) is 6.26 Å². The van der Waals surface area contributed by atoms with E-state index in [1.54, 1.807) is 11.8 Å². The maximum Gasteiger partial charge on any atom is 0.236 e. The molecule has 2 aliphatic rings. The van der Waals surface area contributed by atoms with Crippen molar-refractivity contribution in [1.29, 1.82) is 0 Å². The average Bonchev–Trinajstić information content (AvgIpc) is 3.46. The SMILES string of the molecule is CSCCC(N)C(=O)NCCNC1Cc2ccccc2C2(CC1=O)CC2CC(C)OC(C)(C)C. The van der Waals surface area contributed by atoms with Crippen molar-refractivity contribution in [2.45, 2.75) is 89.0 Å². The lowest BCUT2D eigenvalue weighted by Crippen LogP contribution is -2.46. The zero-order valence-electron chi connectivity index (χ0n) is 21.5. The Bertz CT molecular complexity index is 856. The zero-order chi connectivity index (χ0) is 24.9. The quantitative estimate of drug-likeness (QED) is 0.413. The Morgan fingerprint density at radius 2 is 2.03 bits per heavy atom. The summed E-state index contributed by atoms with van der Waals surface area (Å²) >= 11 is 1.68. The number of nitrogens with one attached hydrogen (secondary N) is 2. The van der Waals surface area contributed by atoms with Crippen molar-refractivity contribution in [2.75, 3.05) is 25.1 Å². The van der Waals surface area contributed by atoms with E-state index in [2.05, 4.69) is 62.6 Å². The van der Waals surface area contributed by atoms with Crippen LogP contribution in [0.1, 0.15) is 64.5 Å². The maximum absolute atomic E-state index is 13.3. The molecule has 2 aliphatic carbocycles. The summed E-state index contributed by atoms with van der Waals surface area (Å²) in [6.45, 7) is 9.43. The molecule has 0 saturated heterocycles. The van der Waals surface area contributed by atoms with Crippen LogP contribution in [0, 0.1) is 5.92 Å². The molecule has 6 nitrogen and oxygen atoms in total. The van der Waals surface area contributed by atoms with E-state index in [4.69, 9.17) is 10.5 Å². The molecule has 0 aromatic heterocycles. The van der Waals surface area contributed by atoms with Crippen molar-refractivity contribution < 1.29 is 14.3 Å². The first-order valence-corrected chi connectivity index (χ1v) is 14.0. The van der Waals surface area contributed by atoms with Gasteiger partial charge in [-0.2, -0.15) is 11.8 Å². The predicted molar refractivity (Wildman–Crippen MR) is 140 cm³/mol. The first kappa shape index (κ1) is 27.2. The number of hydrogen-bond donors (Lipinski definition) is 3. The standard InChI is InChI=1S/C27H43N3O3S/c1-18(33-26(2,3)4)14-20-16-27(20)17-24(31)23(15-19-8-6-7-9-21(19)27)29-11-12-30-25(32)22(28)10-13-34-5/h6-9,18,20,22-23,29H,10-17,28H2,1-5H3,(H,30,32).